The van der Waals surface area contributed by atoms with E-state index in [4.69, 9.17) is 4.42 Å². The first kappa shape index (κ1) is 16.2. The van der Waals surface area contributed by atoms with Gasteiger partial charge in [0.1, 0.15) is 5.58 Å². The van der Waals surface area contributed by atoms with Crippen molar-refractivity contribution in [2.45, 2.75) is 23.6 Å². The molecule has 2 aromatic carbocycles. The van der Waals surface area contributed by atoms with Crippen LogP contribution in [0.15, 0.2) is 67.5 Å². The van der Waals surface area contributed by atoms with Gasteiger partial charge in [-0.15, -0.1) is 23.5 Å². The van der Waals surface area contributed by atoms with Crippen molar-refractivity contribution >= 4 is 34.5 Å². The van der Waals surface area contributed by atoms with Crippen LogP contribution in [0.4, 0.5) is 0 Å². The average Bonchev–Trinajstić information content (AvgIpc) is 2.56. The van der Waals surface area contributed by atoms with Crippen molar-refractivity contribution in [2.75, 3.05) is 11.5 Å². The largest absolute Gasteiger partial charge is 0.422 e. The topological polar surface area (TPSA) is 30.2 Å². The second-order valence-electron chi connectivity index (χ2n) is 5.04. The molecule has 118 valence electrons. The molecule has 4 heteroatoms. The van der Waals surface area contributed by atoms with Crippen LogP contribution < -0.4 is 5.63 Å². The lowest BCUT2D eigenvalue weighted by Gasteiger charge is -2.05. The predicted molar refractivity (Wildman–Crippen MR) is 101 cm³/mol. The lowest BCUT2D eigenvalue weighted by atomic mass is 10.1. The number of thioether (sulfide) groups is 2. The standard InChI is InChI=1S/C19H18O2S2/c1-3-22-15-8-5-13(6-9-15)17-11-14-7-10-16(23-4-2)12-18(14)21-19(17)20/h5-12H,3-4H2,1-2H3. The van der Waals surface area contributed by atoms with Crippen LogP contribution in [0.5, 0.6) is 0 Å². The van der Waals surface area contributed by atoms with Crippen molar-refractivity contribution in [1.82, 2.24) is 0 Å². The highest BCUT2D eigenvalue weighted by molar-refractivity contribution is 7.99. The minimum absolute atomic E-state index is 0.285. The van der Waals surface area contributed by atoms with E-state index < -0.39 is 0 Å². The monoisotopic (exact) mass is 342 g/mol. The molecule has 0 aliphatic heterocycles. The predicted octanol–water partition coefficient (Wildman–Crippen LogP) is 5.68. The second kappa shape index (κ2) is 7.28. The Morgan fingerprint density at radius 3 is 2.22 bits per heavy atom. The molecule has 0 bridgehead atoms. The molecule has 23 heavy (non-hydrogen) atoms. The Labute approximate surface area is 144 Å². The molecule has 3 rings (SSSR count). The van der Waals surface area contributed by atoms with Crippen LogP contribution in [0.2, 0.25) is 0 Å². The highest BCUT2D eigenvalue weighted by Gasteiger charge is 2.08. The van der Waals surface area contributed by atoms with Crippen molar-refractivity contribution in [3.05, 3.63) is 59.0 Å². The van der Waals surface area contributed by atoms with Gasteiger partial charge in [-0.1, -0.05) is 32.0 Å². The molecule has 0 fully saturated rings. The summed E-state index contributed by atoms with van der Waals surface area (Å²) in [6.45, 7) is 4.23. The SMILES string of the molecule is CCSc1ccc(-c2cc3ccc(SCC)cc3oc2=O)cc1. The zero-order valence-electron chi connectivity index (χ0n) is 13.2. The van der Waals surface area contributed by atoms with E-state index in [1.165, 1.54) is 4.90 Å². The average molecular weight is 342 g/mol. The fourth-order valence-corrected chi connectivity index (χ4v) is 3.80. The molecule has 3 aromatic rings. The summed E-state index contributed by atoms with van der Waals surface area (Å²) in [6.07, 6.45) is 0. The first-order valence-corrected chi connectivity index (χ1v) is 9.62. The van der Waals surface area contributed by atoms with E-state index in [0.29, 0.717) is 11.1 Å². The van der Waals surface area contributed by atoms with Crippen molar-refractivity contribution in [1.29, 1.82) is 0 Å². The maximum absolute atomic E-state index is 12.3. The van der Waals surface area contributed by atoms with Gasteiger partial charge in [-0.3, -0.25) is 0 Å². The molecule has 0 radical (unpaired) electrons. The summed E-state index contributed by atoms with van der Waals surface area (Å²) in [5.41, 5.74) is 1.87. The van der Waals surface area contributed by atoms with Gasteiger partial charge in [0.15, 0.2) is 0 Å². The van der Waals surface area contributed by atoms with E-state index in [1.54, 1.807) is 23.5 Å². The van der Waals surface area contributed by atoms with Crippen LogP contribution in [0.1, 0.15) is 13.8 Å². The molecule has 0 amide bonds. The minimum atomic E-state index is -0.285. The Morgan fingerprint density at radius 1 is 0.870 bits per heavy atom. The normalized spacial score (nSPS) is 11.0. The molecule has 0 N–H and O–H groups in total. The van der Waals surface area contributed by atoms with E-state index >= 15 is 0 Å². The summed E-state index contributed by atoms with van der Waals surface area (Å²) in [6, 6.07) is 16.0. The number of rotatable bonds is 5. The summed E-state index contributed by atoms with van der Waals surface area (Å²) < 4.78 is 5.54. The summed E-state index contributed by atoms with van der Waals surface area (Å²) in [5.74, 6) is 2.03. The highest BCUT2D eigenvalue weighted by Crippen LogP contribution is 2.27. The lowest BCUT2D eigenvalue weighted by molar-refractivity contribution is 0.562. The van der Waals surface area contributed by atoms with Crippen LogP contribution in [0, 0.1) is 0 Å². The van der Waals surface area contributed by atoms with Crippen LogP contribution in [-0.2, 0) is 0 Å². The summed E-state index contributed by atoms with van der Waals surface area (Å²) in [7, 11) is 0. The summed E-state index contributed by atoms with van der Waals surface area (Å²) in [4.78, 5) is 14.7. The van der Waals surface area contributed by atoms with E-state index in [2.05, 4.69) is 19.9 Å². The Kier molecular flexibility index (Phi) is 5.13. The van der Waals surface area contributed by atoms with Gasteiger partial charge >= 0.3 is 5.63 Å². The Morgan fingerprint density at radius 2 is 1.52 bits per heavy atom. The molecule has 0 saturated carbocycles. The molecule has 0 saturated heterocycles. The quantitative estimate of drug-likeness (QED) is 0.440. The summed E-state index contributed by atoms with van der Waals surface area (Å²) >= 11 is 3.53. The number of fused-ring (bicyclic) bond motifs is 1. The van der Waals surface area contributed by atoms with Gasteiger partial charge in [0.05, 0.1) is 5.56 Å². The molecule has 0 unspecified atom stereocenters. The molecule has 2 nitrogen and oxygen atoms in total. The van der Waals surface area contributed by atoms with Gasteiger partial charge in [0, 0.05) is 15.2 Å². The fraction of sp³-hybridized carbons (Fsp3) is 0.211. The van der Waals surface area contributed by atoms with Crippen molar-refractivity contribution in [3.63, 3.8) is 0 Å². The van der Waals surface area contributed by atoms with E-state index in [9.17, 15) is 4.79 Å². The van der Waals surface area contributed by atoms with Crippen LogP contribution in [0.3, 0.4) is 0 Å². The van der Waals surface area contributed by atoms with Gasteiger partial charge < -0.3 is 4.42 Å². The maximum Gasteiger partial charge on any atom is 0.344 e. The molecule has 0 spiro atoms. The number of benzene rings is 2. The third-order valence-electron chi connectivity index (χ3n) is 3.49. The molecule has 0 aliphatic rings. The zero-order valence-corrected chi connectivity index (χ0v) is 14.8. The molecule has 1 heterocycles. The number of hydrogen-bond acceptors (Lipinski definition) is 4. The van der Waals surface area contributed by atoms with Crippen molar-refractivity contribution in [3.8, 4) is 11.1 Å². The van der Waals surface area contributed by atoms with E-state index in [1.807, 2.05) is 42.5 Å². The van der Waals surface area contributed by atoms with E-state index in [0.717, 1.165) is 27.4 Å². The van der Waals surface area contributed by atoms with Crippen LogP contribution >= 0.6 is 23.5 Å². The van der Waals surface area contributed by atoms with E-state index in [-0.39, 0.29) is 5.63 Å². The molecular weight excluding hydrogens is 324 g/mol. The van der Waals surface area contributed by atoms with Crippen molar-refractivity contribution in [2.24, 2.45) is 0 Å². The number of hydrogen-bond donors (Lipinski definition) is 0. The first-order chi connectivity index (χ1) is 11.2. The Bertz CT molecular complexity index is 867. The lowest BCUT2D eigenvalue weighted by Crippen LogP contribution is -2.02. The van der Waals surface area contributed by atoms with Crippen molar-refractivity contribution < 1.29 is 4.42 Å². The summed E-state index contributed by atoms with van der Waals surface area (Å²) in [5, 5.41) is 0.951. The minimum Gasteiger partial charge on any atom is -0.422 e. The zero-order chi connectivity index (χ0) is 16.2. The fourth-order valence-electron chi connectivity index (χ4n) is 2.45. The van der Waals surface area contributed by atoms with Crippen LogP contribution in [0.25, 0.3) is 22.1 Å². The third-order valence-corrected chi connectivity index (χ3v) is 5.26. The van der Waals surface area contributed by atoms with Gasteiger partial charge in [-0.05, 0) is 47.4 Å². The van der Waals surface area contributed by atoms with Gasteiger partial charge in [0.2, 0.25) is 0 Å². The third kappa shape index (κ3) is 3.65. The Hall–Kier alpha value is -1.65. The van der Waals surface area contributed by atoms with Gasteiger partial charge in [0.25, 0.3) is 0 Å². The Balaban J connectivity index is 2.02. The smallest absolute Gasteiger partial charge is 0.344 e. The molecular formula is C19H18O2S2. The first-order valence-electron chi connectivity index (χ1n) is 7.65. The molecule has 1 aromatic heterocycles. The van der Waals surface area contributed by atoms with Crippen LogP contribution in [-0.4, -0.2) is 11.5 Å². The molecule has 0 aliphatic carbocycles. The van der Waals surface area contributed by atoms with Gasteiger partial charge in [-0.25, -0.2) is 4.79 Å². The van der Waals surface area contributed by atoms with Gasteiger partial charge in [-0.2, -0.15) is 0 Å². The maximum atomic E-state index is 12.3. The highest BCUT2D eigenvalue weighted by atomic mass is 32.2. The second-order valence-corrected chi connectivity index (χ2v) is 7.71. The molecule has 0 atom stereocenters.